The van der Waals surface area contributed by atoms with E-state index in [9.17, 15) is 0 Å². The highest BCUT2D eigenvalue weighted by Gasteiger charge is 2.04. The largest absolute Gasteiger partial charge is 0.133 e. The van der Waals surface area contributed by atoms with Gasteiger partial charge < -0.3 is 0 Å². The smallest absolute Gasteiger partial charge is 0.110 e. The van der Waals surface area contributed by atoms with Gasteiger partial charge in [0.25, 0.3) is 0 Å². The molecule has 2 rings (SSSR count). The van der Waals surface area contributed by atoms with Gasteiger partial charge >= 0.3 is 0 Å². The molecule has 1 aliphatic rings. The third kappa shape index (κ3) is 1.92. The lowest BCUT2D eigenvalue weighted by molar-refractivity contribution is 1.03. The van der Waals surface area contributed by atoms with Crippen LogP contribution < -0.4 is 0 Å². The summed E-state index contributed by atoms with van der Waals surface area (Å²) in [4.78, 5) is 0. The molecule has 0 saturated heterocycles. The molecule has 0 heterocycles. The Balaban J connectivity index is 2.29. The number of hydrogen-bond acceptors (Lipinski definition) is 0. The zero-order valence-electron chi connectivity index (χ0n) is 7.96. The number of allylic oxidation sites excluding steroid dienone is 4. The van der Waals surface area contributed by atoms with Gasteiger partial charge in [-0.25, -0.2) is 0 Å². The molecular weight excluding hydrogens is 155 g/mol. The van der Waals surface area contributed by atoms with Crippen molar-refractivity contribution < 1.29 is 0 Å². The zero-order chi connectivity index (χ0) is 9.10. The molecule has 13 heavy (non-hydrogen) atoms. The molecule has 1 aromatic carbocycles. The Labute approximate surface area is 80.4 Å². The van der Waals surface area contributed by atoms with Crippen LogP contribution in [0.4, 0.5) is 0 Å². The molecule has 0 saturated carbocycles. The Hall–Kier alpha value is -1.24. The molecule has 0 unspecified atom stereocenters. The summed E-state index contributed by atoms with van der Waals surface area (Å²) in [5.41, 5.74) is 4.32. The Morgan fingerprint density at radius 2 is 1.69 bits per heavy atom. The zero-order valence-corrected chi connectivity index (χ0v) is 7.96. The topological polar surface area (TPSA) is 0 Å². The second kappa shape index (κ2) is 3.65. The van der Waals surface area contributed by atoms with Crippen LogP contribution in [-0.2, 0) is 0 Å². The average molecular weight is 168 g/mol. The highest BCUT2D eigenvalue weighted by Crippen LogP contribution is 2.24. The van der Waals surface area contributed by atoms with Gasteiger partial charge in [0.05, 0.1) is 0 Å². The van der Waals surface area contributed by atoms with Crippen LogP contribution >= 0.6 is 0 Å². The van der Waals surface area contributed by atoms with Crippen molar-refractivity contribution in [2.24, 2.45) is 0 Å². The molecule has 0 radical (unpaired) electrons. The summed E-state index contributed by atoms with van der Waals surface area (Å²) in [7, 11) is 2.19. The van der Waals surface area contributed by atoms with Gasteiger partial charge in [-0.3, -0.25) is 0 Å². The average Bonchev–Trinajstić information content (AvgIpc) is 2.20. The van der Waals surface area contributed by atoms with Crippen molar-refractivity contribution in [1.82, 2.24) is 0 Å². The van der Waals surface area contributed by atoms with E-state index in [2.05, 4.69) is 50.3 Å². The van der Waals surface area contributed by atoms with Gasteiger partial charge in [0, 0.05) is 0 Å². The standard InChI is InChI=1S/C12H13B/c13-12-8-6-11(7-9-12)10-4-2-1-3-5-10/h1-6,8H,7,9,13H2. The maximum Gasteiger partial charge on any atom is 0.133 e. The van der Waals surface area contributed by atoms with E-state index in [1.165, 1.54) is 29.5 Å². The molecule has 0 nitrogen and oxygen atoms in total. The molecular formula is C12H13B. The van der Waals surface area contributed by atoms with Crippen molar-refractivity contribution in [2.75, 3.05) is 0 Å². The third-order valence-electron chi connectivity index (χ3n) is 2.50. The molecule has 0 atom stereocenters. The van der Waals surface area contributed by atoms with Crippen LogP contribution in [-0.4, -0.2) is 7.85 Å². The van der Waals surface area contributed by atoms with Gasteiger partial charge in [0.2, 0.25) is 0 Å². The predicted molar refractivity (Wildman–Crippen MR) is 60.3 cm³/mol. The van der Waals surface area contributed by atoms with Crippen molar-refractivity contribution in [2.45, 2.75) is 12.8 Å². The SMILES string of the molecule is BC1=CC=C(c2ccccc2)CC1. The summed E-state index contributed by atoms with van der Waals surface area (Å²) < 4.78 is 0. The van der Waals surface area contributed by atoms with E-state index in [0.29, 0.717) is 0 Å². The predicted octanol–water partition coefficient (Wildman–Crippen LogP) is 2.38. The minimum Gasteiger partial charge on any atom is -0.110 e. The van der Waals surface area contributed by atoms with E-state index < -0.39 is 0 Å². The summed E-state index contributed by atoms with van der Waals surface area (Å²) >= 11 is 0. The molecule has 0 bridgehead atoms. The van der Waals surface area contributed by atoms with E-state index in [0.717, 1.165) is 0 Å². The number of rotatable bonds is 1. The normalized spacial score (nSPS) is 16.3. The highest BCUT2D eigenvalue weighted by atomic mass is 14.1. The summed E-state index contributed by atoms with van der Waals surface area (Å²) in [6.45, 7) is 0. The Bertz CT molecular complexity index is 347. The lowest BCUT2D eigenvalue weighted by atomic mass is 9.84. The van der Waals surface area contributed by atoms with Gasteiger partial charge in [-0.2, -0.15) is 0 Å². The van der Waals surface area contributed by atoms with Crippen LogP contribution in [0.3, 0.4) is 0 Å². The molecule has 0 aliphatic heterocycles. The Kier molecular flexibility index (Phi) is 2.35. The fourth-order valence-electron chi connectivity index (χ4n) is 1.63. The first-order valence-corrected chi connectivity index (χ1v) is 4.78. The molecule has 64 valence electrons. The molecule has 0 spiro atoms. The lowest BCUT2D eigenvalue weighted by Crippen LogP contribution is -1.92. The van der Waals surface area contributed by atoms with Crippen LogP contribution in [0.2, 0.25) is 0 Å². The first-order valence-electron chi connectivity index (χ1n) is 4.78. The minimum atomic E-state index is 1.19. The van der Waals surface area contributed by atoms with Gasteiger partial charge in [-0.05, 0) is 24.0 Å². The van der Waals surface area contributed by atoms with E-state index >= 15 is 0 Å². The van der Waals surface area contributed by atoms with Crippen LogP contribution in [0.15, 0.2) is 48.0 Å². The molecule has 0 amide bonds. The second-order valence-corrected chi connectivity index (χ2v) is 3.57. The fraction of sp³-hybridized carbons (Fsp3) is 0.167. The summed E-state index contributed by atoms with van der Waals surface area (Å²) in [5.74, 6) is 0. The van der Waals surface area contributed by atoms with E-state index in [-0.39, 0.29) is 0 Å². The van der Waals surface area contributed by atoms with Gasteiger partial charge in [0.1, 0.15) is 7.85 Å². The molecule has 0 fully saturated rings. The molecule has 0 aromatic heterocycles. The highest BCUT2D eigenvalue weighted by molar-refractivity contribution is 6.22. The number of hydrogen-bond donors (Lipinski definition) is 0. The summed E-state index contributed by atoms with van der Waals surface area (Å²) in [6.07, 6.45) is 6.87. The van der Waals surface area contributed by atoms with Gasteiger partial charge in [-0.1, -0.05) is 42.5 Å². The van der Waals surface area contributed by atoms with Crippen molar-refractivity contribution in [3.05, 3.63) is 53.5 Å². The first-order chi connectivity index (χ1) is 6.36. The van der Waals surface area contributed by atoms with Crippen LogP contribution in [0.5, 0.6) is 0 Å². The molecule has 1 heteroatoms. The van der Waals surface area contributed by atoms with Crippen molar-refractivity contribution in [3.8, 4) is 0 Å². The van der Waals surface area contributed by atoms with E-state index in [1.807, 2.05) is 0 Å². The van der Waals surface area contributed by atoms with Crippen molar-refractivity contribution in [1.29, 1.82) is 0 Å². The van der Waals surface area contributed by atoms with E-state index in [4.69, 9.17) is 0 Å². The molecule has 1 aliphatic carbocycles. The maximum atomic E-state index is 2.24. The second-order valence-electron chi connectivity index (χ2n) is 3.57. The van der Waals surface area contributed by atoms with Gasteiger partial charge in [0.15, 0.2) is 0 Å². The van der Waals surface area contributed by atoms with Crippen LogP contribution in [0, 0.1) is 0 Å². The van der Waals surface area contributed by atoms with E-state index in [1.54, 1.807) is 0 Å². The van der Waals surface area contributed by atoms with Crippen LogP contribution in [0.1, 0.15) is 18.4 Å². The van der Waals surface area contributed by atoms with Crippen molar-refractivity contribution in [3.63, 3.8) is 0 Å². The monoisotopic (exact) mass is 168 g/mol. The molecule has 1 aromatic rings. The van der Waals surface area contributed by atoms with Crippen molar-refractivity contribution >= 4 is 13.4 Å². The lowest BCUT2D eigenvalue weighted by Gasteiger charge is -2.11. The quantitative estimate of drug-likeness (QED) is 0.564. The molecule has 0 N–H and O–H groups in total. The third-order valence-corrected chi connectivity index (χ3v) is 2.50. The summed E-state index contributed by atoms with van der Waals surface area (Å²) in [5, 5.41) is 0. The Morgan fingerprint density at radius 1 is 0.923 bits per heavy atom. The number of benzene rings is 1. The maximum absolute atomic E-state index is 2.24. The van der Waals surface area contributed by atoms with Crippen LogP contribution in [0.25, 0.3) is 5.57 Å². The first kappa shape index (κ1) is 8.37. The van der Waals surface area contributed by atoms with Gasteiger partial charge in [-0.15, -0.1) is 5.47 Å². The minimum absolute atomic E-state index is 1.19. The Morgan fingerprint density at radius 3 is 2.31 bits per heavy atom. The fourth-order valence-corrected chi connectivity index (χ4v) is 1.63. The summed E-state index contributed by atoms with van der Waals surface area (Å²) in [6, 6.07) is 10.6.